The summed E-state index contributed by atoms with van der Waals surface area (Å²) in [4.78, 5) is 23.6. The molecule has 154 valence electrons. The van der Waals surface area contributed by atoms with Crippen molar-refractivity contribution in [3.8, 4) is 5.75 Å². The molecule has 0 aliphatic carbocycles. The number of carbonyl (C=O) groups excluding carboxylic acids is 2. The van der Waals surface area contributed by atoms with Gasteiger partial charge in [0.05, 0.1) is 0 Å². The molecule has 1 amide bonds. The number of ether oxygens (including phenoxy) is 2. The third kappa shape index (κ3) is 9.01. The lowest BCUT2D eigenvalue weighted by molar-refractivity contribution is -0.144. The summed E-state index contributed by atoms with van der Waals surface area (Å²) in [6, 6.07) is 15.7. The second-order valence-corrected chi connectivity index (χ2v) is 6.38. The Morgan fingerprint density at radius 2 is 1.76 bits per heavy atom. The Morgan fingerprint density at radius 1 is 1.07 bits per heavy atom. The molecule has 2 rings (SSSR count). The highest BCUT2D eigenvalue weighted by molar-refractivity contribution is 5.89. The monoisotopic (exact) mass is 403 g/mol. The van der Waals surface area contributed by atoms with E-state index in [2.05, 4.69) is 10.1 Å². The van der Waals surface area contributed by atoms with E-state index < -0.39 is 12.6 Å². The average molecular weight is 403 g/mol. The zero-order valence-corrected chi connectivity index (χ0v) is 16.0. The van der Waals surface area contributed by atoms with Gasteiger partial charge in [-0.15, -0.1) is 0 Å². The van der Waals surface area contributed by atoms with E-state index in [0.717, 1.165) is 18.9 Å². The van der Waals surface area contributed by atoms with Gasteiger partial charge in [0.15, 0.2) is 6.61 Å². The van der Waals surface area contributed by atoms with Crippen molar-refractivity contribution in [3.63, 3.8) is 0 Å². The Bertz CT molecular complexity index is 807. The number of esters is 1. The number of hydrogen-bond acceptors (Lipinski definition) is 4. The number of alkyl halides is 2. The molecule has 7 heteroatoms. The molecule has 1 N–H and O–H groups in total. The summed E-state index contributed by atoms with van der Waals surface area (Å²) in [7, 11) is 0. The van der Waals surface area contributed by atoms with E-state index in [1.54, 1.807) is 0 Å². The molecule has 0 bridgehead atoms. The van der Waals surface area contributed by atoms with Crippen molar-refractivity contribution in [2.24, 2.45) is 0 Å². The first-order valence-corrected chi connectivity index (χ1v) is 9.15. The second kappa shape index (κ2) is 11.6. The van der Waals surface area contributed by atoms with Crippen molar-refractivity contribution in [3.05, 3.63) is 71.8 Å². The van der Waals surface area contributed by atoms with Crippen LogP contribution in [0, 0.1) is 0 Å². The summed E-state index contributed by atoms with van der Waals surface area (Å²) in [6.07, 6.45) is 4.23. The smallest absolute Gasteiger partial charge is 0.387 e. The summed E-state index contributed by atoms with van der Waals surface area (Å²) in [5, 5.41) is 2.79. The third-order valence-corrected chi connectivity index (χ3v) is 3.98. The van der Waals surface area contributed by atoms with Gasteiger partial charge in [0.1, 0.15) is 5.75 Å². The topological polar surface area (TPSA) is 64.6 Å². The van der Waals surface area contributed by atoms with Gasteiger partial charge in [-0.3, -0.25) is 4.79 Å². The maximum atomic E-state index is 12.1. The van der Waals surface area contributed by atoms with Crippen molar-refractivity contribution < 1.29 is 27.8 Å². The minimum absolute atomic E-state index is 0.0257. The Morgan fingerprint density at radius 3 is 2.41 bits per heavy atom. The Balaban J connectivity index is 1.68. The molecule has 5 nitrogen and oxygen atoms in total. The van der Waals surface area contributed by atoms with Gasteiger partial charge < -0.3 is 14.8 Å². The van der Waals surface area contributed by atoms with Crippen molar-refractivity contribution >= 4 is 18.0 Å². The van der Waals surface area contributed by atoms with Crippen LogP contribution in [0.4, 0.5) is 8.78 Å². The minimum Gasteiger partial charge on any atom is -0.452 e. The van der Waals surface area contributed by atoms with Gasteiger partial charge in [0.25, 0.3) is 5.91 Å². The van der Waals surface area contributed by atoms with Gasteiger partial charge in [-0.05, 0) is 49.1 Å². The number of carbonyl (C=O) groups is 2. The molecule has 29 heavy (non-hydrogen) atoms. The number of amides is 1. The van der Waals surface area contributed by atoms with Crippen LogP contribution < -0.4 is 10.1 Å². The standard InChI is InChI=1S/C22H23F2NO4/c1-16(7-8-17-5-3-2-4-6-17)25-20(26)15-28-21(27)14-11-18-9-12-19(13-10-18)29-22(23)24/h2-6,9-14,16,22H,7-8,15H2,1H3,(H,25,26)/b14-11+. The van der Waals surface area contributed by atoms with E-state index in [4.69, 9.17) is 4.74 Å². The number of halogens is 2. The molecule has 0 aliphatic rings. The maximum absolute atomic E-state index is 12.1. The third-order valence-electron chi connectivity index (χ3n) is 3.98. The summed E-state index contributed by atoms with van der Waals surface area (Å²) in [5.41, 5.74) is 1.79. The van der Waals surface area contributed by atoms with Crippen molar-refractivity contribution in [2.75, 3.05) is 6.61 Å². The highest BCUT2D eigenvalue weighted by Gasteiger charge is 2.09. The van der Waals surface area contributed by atoms with E-state index in [-0.39, 0.29) is 24.3 Å². The molecule has 0 radical (unpaired) electrons. The van der Waals surface area contributed by atoms with Gasteiger partial charge >= 0.3 is 12.6 Å². The number of nitrogens with one attached hydrogen (secondary N) is 1. The molecule has 0 aliphatic heterocycles. The molecule has 0 fully saturated rings. The summed E-state index contributed by atoms with van der Waals surface area (Å²) >= 11 is 0. The molecule has 2 aromatic rings. The van der Waals surface area contributed by atoms with Crippen LogP contribution in [0.25, 0.3) is 6.08 Å². The Kier molecular flexibility index (Phi) is 8.82. The first-order valence-electron chi connectivity index (χ1n) is 9.15. The molecule has 1 atom stereocenters. The summed E-state index contributed by atoms with van der Waals surface area (Å²) < 4.78 is 33.3. The van der Waals surface area contributed by atoms with Gasteiger partial charge in [-0.1, -0.05) is 42.5 Å². The van der Waals surface area contributed by atoms with Crippen LogP contribution in [0.15, 0.2) is 60.7 Å². The quantitative estimate of drug-likeness (QED) is 0.481. The van der Waals surface area contributed by atoms with Crippen LogP contribution in [0.1, 0.15) is 24.5 Å². The summed E-state index contributed by atoms with van der Waals surface area (Å²) in [6.45, 7) is -1.37. The molecule has 0 aromatic heterocycles. The van der Waals surface area contributed by atoms with Gasteiger partial charge in [0.2, 0.25) is 0 Å². The van der Waals surface area contributed by atoms with Crippen molar-refractivity contribution in [1.29, 1.82) is 0 Å². The van der Waals surface area contributed by atoms with E-state index in [9.17, 15) is 18.4 Å². The van der Waals surface area contributed by atoms with Gasteiger partial charge in [-0.2, -0.15) is 8.78 Å². The molecule has 1 unspecified atom stereocenters. The number of benzene rings is 2. The van der Waals surface area contributed by atoms with Gasteiger partial charge in [-0.25, -0.2) is 4.79 Å². The Labute approximate surface area is 168 Å². The maximum Gasteiger partial charge on any atom is 0.387 e. The first-order chi connectivity index (χ1) is 13.9. The van der Waals surface area contributed by atoms with E-state index in [1.807, 2.05) is 37.3 Å². The predicted molar refractivity (Wildman–Crippen MR) is 105 cm³/mol. The minimum atomic E-state index is -2.89. The molecular weight excluding hydrogens is 380 g/mol. The zero-order valence-electron chi connectivity index (χ0n) is 16.0. The molecule has 0 saturated heterocycles. The molecule has 2 aromatic carbocycles. The zero-order chi connectivity index (χ0) is 21.1. The fraction of sp³-hybridized carbons (Fsp3) is 0.273. The lowest BCUT2D eigenvalue weighted by Gasteiger charge is -2.13. The van der Waals surface area contributed by atoms with Crippen LogP contribution in [0.2, 0.25) is 0 Å². The van der Waals surface area contributed by atoms with E-state index >= 15 is 0 Å². The van der Waals surface area contributed by atoms with Crippen molar-refractivity contribution in [2.45, 2.75) is 32.4 Å². The predicted octanol–water partition coefficient (Wildman–Crippen LogP) is 3.98. The lowest BCUT2D eigenvalue weighted by atomic mass is 10.1. The molecule has 0 saturated carbocycles. The lowest BCUT2D eigenvalue weighted by Crippen LogP contribution is -2.36. The van der Waals surface area contributed by atoms with Crippen LogP contribution in [-0.4, -0.2) is 31.1 Å². The van der Waals surface area contributed by atoms with Crippen LogP contribution in [-0.2, 0) is 20.7 Å². The number of rotatable bonds is 10. The fourth-order valence-corrected chi connectivity index (χ4v) is 2.53. The largest absolute Gasteiger partial charge is 0.452 e. The van der Waals surface area contributed by atoms with Crippen molar-refractivity contribution in [1.82, 2.24) is 5.32 Å². The highest BCUT2D eigenvalue weighted by atomic mass is 19.3. The van der Waals surface area contributed by atoms with Crippen LogP contribution >= 0.6 is 0 Å². The SMILES string of the molecule is CC(CCc1ccccc1)NC(=O)COC(=O)/C=C/c1ccc(OC(F)F)cc1. The first kappa shape index (κ1) is 22.1. The fourth-order valence-electron chi connectivity index (χ4n) is 2.53. The van der Waals surface area contributed by atoms with Crippen LogP contribution in [0.5, 0.6) is 5.75 Å². The summed E-state index contributed by atoms with van der Waals surface area (Å²) in [5.74, 6) is -1.02. The molecular formula is C22H23F2NO4. The van der Waals surface area contributed by atoms with Crippen LogP contribution in [0.3, 0.4) is 0 Å². The van der Waals surface area contributed by atoms with Gasteiger partial charge in [0, 0.05) is 12.1 Å². The normalized spacial score (nSPS) is 12.0. The molecule has 0 heterocycles. The second-order valence-electron chi connectivity index (χ2n) is 6.38. The highest BCUT2D eigenvalue weighted by Crippen LogP contribution is 2.15. The average Bonchev–Trinajstić information content (AvgIpc) is 2.70. The number of aryl methyl sites for hydroxylation is 1. The van der Waals surface area contributed by atoms with E-state index in [1.165, 1.54) is 35.9 Å². The number of hydrogen-bond donors (Lipinski definition) is 1. The molecule has 0 spiro atoms. The van der Waals surface area contributed by atoms with E-state index in [0.29, 0.717) is 5.56 Å². The Hall–Kier alpha value is -3.22.